The number of carbonyl (C=O) groups is 2. The van der Waals surface area contributed by atoms with Crippen molar-refractivity contribution < 1.29 is 9.59 Å². The summed E-state index contributed by atoms with van der Waals surface area (Å²) in [6.45, 7) is 0. The number of rotatable bonds is 2. The minimum absolute atomic E-state index is 0.00211. The van der Waals surface area contributed by atoms with E-state index < -0.39 is 0 Å². The first-order valence-electron chi connectivity index (χ1n) is 7.23. The Morgan fingerprint density at radius 3 is 2.30 bits per heavy atom. The molecule has 2 atom stereocenters. The molecule has 2 bridgehead atoms. The Labute approximate surface area is 132 Å². The highest BCUT2D eigenvalue weighted by Crippen LogP contribution is 2.40. The molecular formula is C16H18INO2. The van der Waals surface area contributed by atoms with Crippen molar-refractivity contribution in [3.05, 3.63) is 27.8 Å². The molecule has 0 radical (unpaired) electrons. The van der Waals surface area contributed by atoms with Crippen molar-refractivity contribution in [2.45, 2.75) is 32.1 Å². The van der Waals surface area contributed by atoms with E-state index in [1.54, 1.807) is 0 Å². The molecule has 4 heteroatoms. The van der Waals surface area contributed by atoms with Gasteiger partial charge in [-0.05, 0) is 72.5 Å². The van der Waals surface area contributed by atoms with Crippen LogP contribution in [0.2, 0.25) is 0 Å². The van der Waals surface area contributed by atoms with E-state index in [1.165, 1.54) is 0 Å². The summed E-state index contributed by atoms with van der Waals surface area (Å²) in [4.78, 5) is 24.4. The highest BCUT2D eigenvalue weighted by Gasteiger charge is 2.41. The molecule has 0 aromatic heterocycles. The monoisotopic (exact) mass is 383 g/mol. The van der Waals surface area contributed by atoms with Gasteiger partial charge < -0.3 is 5.32 Å². The molecule has 0 saturated heterocycles. The van der Waals surface area contributed by atoms with Crippen molar-refractivity contribution in [2.24, 2.45) is 17.8 Å². The van der Waals surface area contributed by atoms with E-state index >= 15 is 0 Å². The zero-order chi connectivity index (χ0) is 14.1. The van der Waals surface area contributed by atoms with Crippen molar-refractivity contribution in [2.75, 3.05) is 5.32 Å². The number of amides is 1. The summed E-state index contributed by atoms with van der Waals surface area (Å²) in [5, 5.41) is 2.99. The van der Waals surface area contributed by atoms with Crippen molar-refractivity contribution in [1.82, 2.24) is 0 Å². The van der Waals surface area contributed by atoms with Gasteiger partial charge in [-0.2, -0.15) is 0 Å². The molecule has 2 aliphatic carbocycles. The Balaban J connectivity index is 1.66. The summed E-state index contributed by atoms with van der Waals surface area (Å²) in [7, 11) is 0. The average molecular weight is 383 g/mol. The maximum absolute atomic E-state index is 12.4. The normalized spacial score (nSPS) is 29.1. The number of ketones is 1. The number of Topliss-reactive ketones (excluding diaryl/α,β-unsaturated/α-hetero) is 1. The van der Waals surface area contributed by atoms with E-state index in [0.29, 0.717) is 5.78 Å². The van der Waals surface area contributed by atoms with Gasteiger partial charge in [-0.1, -0.05) is 6.42 Å². The second-order valence-corrected chi connectivity index (χ2v) is 7.14. The Bertz CT molecular complexity index is 510. The molecule has 1 N–H and O–H groups in total. The Kier molecular flexibility index (Phi) is 4.10. The smallest absolute Gasteiger partial charge is 0.227 e. The first kappa shape index (κ1) is 14.0. The molecule has 1 aromatic carbocycles. The molecule has 20 heavy (non-hydrogen) atoms. The third kappa shape index (κ3) is 2.90. The lowest BCUT2D eigenvalue weighted by Crippen LogP contribution is -2.40. The van der Waals surface area contributed by atoms with Crippen LogP contribution in [0.5, 0.6) is 0 Å². The molecule has 106 valence electrons. The van der Waals surface area contributed by atoms with Crippen LogP contribution in [0.25, 0.3) is 0 Å². The molecule has 3 rings (SSSR count). The lowest BCUT2D eigenvalue weighted by atomic mass is 9.67. The van der Waals surface area contributed by atoms with Gasteiger partial charge >= 0.3 is 0 Å². The molecule has 1 amide bonds. The van der Waals surface area contributed by atoms with E-state index in [1.807, 2.05) is 24.3 Å². The summed E-state index contributed by atoms with van der Waals surface area (Å²) in [5.41, 5.74) is 0.845. The fourth-order valence-electron chi connectivity index (χ4n) is 3.47. The zero-order valence-corrected chi connectivity index (χ0v) is 13.4. The fourth-order valence-corrected chi connectivity index (χ4v) is 3.83. The van der Waals surface area contributed by atoms with Crippen LogP contribution in [0, 0.1) is 21.3 Å². The Morgan fingerprint density at radius 2 is 1.70 bits per heavy atom. The number of nitrogens with one attached hydrogen (secondary N) is 1. The van der Waals surface area contributed by atoms with Gasteiger partial charge in [0.25, 0.3) is 0 Å². The second-order valence-electron chi connectivity index (χ2n) is 5.89. The minimum atomic E-state index is 0.00211. The quantitative estimate of drug-likeness (QED) is 0.793. The van der Waals surface area contributed by atoms with E-state index in [-0.39, 0.29) is 23.7 Å². The number of carbonyl (C=O) groups excluding carboxylic acids is 2. The average Bonchev–Trinajstić information content (AvgIpc) is 2.41. The summed E-state index contributed by atoms with van der Waals surface area (Å²) >= 11 is 2.24. The summed E-state index contributed by atoms with van der Waals surface area (Å²) in [6.07, 6.45) is 4.58. The van der Waals surface area contributed by atoms with Crippen molar-refractivity contribution >= 4 is 40.0 Å². The molecule has 0 aliphatic heterocycles. The van der Waals surface area contributed by atoms with Crippen LogP contribution in [0.15, 0.2) is 24.3 Å². The standard InChI is InChI=1S/C16H18INO2/c17-13-4-6-14(7-5-13)18-16(20)12-8-10-2-1-3-11(9-12)15(10)19/h4-7,10-12H,1-3,8-9H2,(H,18,20). The maximum atomic E-state index is 12.4. The van der Waals surface area contributed by atoms with Crippen LogP contribution in [0.1, 0.15) is 32.1 Å². The number of hydrogen-bond acceptors (Lipinski definition) is 2. The molecule has 2 saturated carbocycles. The predicted molar refractivity (Wildman–Crippen MR) is 86.4 cm³/mol. The Hall–Kier alpha value is -0.910. The molecule has 1 aromatic rings. The largest absolute Gasteiger partial charge is 0.326 e. The van der Waals surface area contributed by atoms with Crippen molar-refractivity contribution in [1.29, 1.82) is 0 Å². The van der Waals surface area contributed by atoms with Gasteiger partial charge in [0.2, 0.25) is 5.91 Å². The van der Waals surface area contributed by atoms with E-state index in [0.717, 1.165) is 41.4 Å². The minimum Gasteiger partial charge on any atom is -0.326 e. The lowest BCUT2D eigenvalue weighted by Gasteiger charge is -2.36. The first-order valence-corrected chi connectivity index (χ1v) is 8.31. The number of fused-ring (bicyclic) bond motifs is 2. The second kappa shape index (κ2) is 5.84. The summed E-state index contributed by atoms with van der Waals surface area (Å²) < 4.78 is 1.15. The predicted octanol–water partition coefficient (Wildman–Crippen LogP) is 3.63. The Morgan fingerprint density at radius 1 is 1.10 bits per heavy atom. The van der Waals surface area contributed by atoms with Gasteiger partial charge in [0.15, 0.2) is 0 Å². The van der Waals surface area contributed by atoms with E-state index in [4.69, 9.17) is 0 Å². The van der Waals surface area contributed by atoms with Crippen molar-refractivity contribution in [3.63, 3.8) is 0 Å². The van der Waals surface area contributed by atoms with E-state index in [9.17, 15) is 9.59 Å². The van der Waals surface area contributed by atoms with Gasteiger partial charge in [0.05, 0.1) is 0 Å². The van der Waals surface area contributed by atoms with Gasteiger partial charge in [0, 0.05) is 27.0 Å². The van der Waals surface area contributed by atoms with Crippen LogP contribution in [-0.2, 0) is 9.59 Å². The van der Waals surface area contributed by atoms with Gasteiger partial charge in [-0.15, -0.1) is 0 Å². The molecule has 0 spiro atoms. The highest BCUT2D eigenvalue weighted by molar-refractivity contribution is 14.1. The van der Waals surface area contributed by atoms with Gasteiger partial charge in [-0.25, -0.2) is 0 Å². The first-order chi connectivity index (χ1) is 9.63. The van der Waals surface area contributed by atoms with Crippen molar-refractivity contribution in [3.8, 4) is 0 Å². The topological polar surface area (TPSA) is 46.2 Å². The summed E-state index contributed by atoms with van der Waals surface area (Å²) in [5.74, 6) is 0.761. The van der Waals surface area contributed by atoms with Gasteiger partial charge in [-0.3, -0.25) is 9.59 Å². The highest BCUT2D eigenvalue weighted by atomic mass is 127. The fraction of sp³-hybridized carbons (Fsp3) is 0.500. The molecule has 2 unspecified atom stereocenters. The maximum Gasteiger partial charge on any atom is 0.227 e. The summed E-state index contributed by atoms with van der Waals surface area (Å²) in [6, 6.07) is 7.81. The van der Waals surface area contributed by atoms with Crippen LogP contribution in [0.3, 0.4) is 0 Å². The molecule has 2 aliphatic rings. The van der Waals surface area contributed by atoms with Crippen LogP contribution >= 0.6 is 22.6 Å². The SMILES string of the molecule is O=C(Nc1ccc(I)cc1)C1CC2CCCC(C1)C2=O. The number of hydrogen-bond donors (Lipinski definition) is 1. The molecular weight excluding hydrogens is 365 g/mol. The molecule has 2 fully saturated rings. The molecule has 3 nitrogen and oxygen atoms in total. The van der Waals surface area contributed by atoms with Crippen LogP contribution in [-0.4, -0.2) is 11.7 Å². The number of benzene rings is 1. The number of halogens is 1. The van der Waals surface area contributed by atoms with Gasteiger partial charge in [0.1, 0.15) is 5.78 Å². The van der Waals surface area contributed by atoms with Crippen LogP contribution in [0.4, 0.5) is 5.69 Å². The van der Waals surface area contributed by atoms with E-state index in [2.05, 4.69) is 27.9 Å². The third-order valence-electron chi connectivity index (χ3n) is 4.53. The van der Waals surface area contributed by atoms with Crippen LogP contribution < -0.4 is 5.32 Å². The zero-order valence-electron chi connectivity index (χ0n) is 11.3. The molecule has 0 heterocycles. The third-order valence-corrected chi connectivity index (χ3v) is 5.25. The lowest BCUT2D eigenvalue weighted by molar-refractivity contribution is -0.136. The number of anilines is 1.